The molecule has 0 saturated carbocycles. The molecule has 3 saturated heterocycles. The Kier molecular flexibility index (Phi) is 7.71. The van der Waals surface area contributed by atoms with Gasteiger partial charge in [-0.1, -0.05) is 0 Å². The first-order valence-corrected chi connectivity index (χ1v) is 11.3. The predicted octanol–water partition coefficient (Wildman–Crippen LogP) is 0.444. The zero-order valence-corrected chi connectivity index (χ0v) is 18.1. The molecule has 0 aromatic carbocycles. The number of aliphatic imine (C=N–C) groups is 1. The van der Waals surface area contributed by atoms with E-state index in [1.165, 1.54) is 0 Å². The smallest absolute Gasteiger partial charge is 0.225 e. The molecule has 0 aliphatic carbocycles. The maximum Gasteiger partial charge on any atom is 0.225 e. The summed E-state index contributed by atoms with van der Waals surface area (Å²) in [6.07, 6.45) is 6.25. The lowest BCUT2D eigenvalue weighted by molar-refractivity contribution is -0.0817. The number of nitrogens with zero attached hydrogens (tertiary/aromatic N) is 6. The Labute approximate surface area is 179 Å². The number of hydrogen-bond acceptors (Lipinski definition) is 7. The lowest BCUT2D eigenvalue weighted by atomic mass is 10.1. The first-order valence-electron chi connectivity index (χ1n) is 11.3. The zero-order chi connectivity index (χ0) is 20.6. The summed E-state index contributed by atoms with van der Waals surface area (Å²) < 4.78 is 11.8. The third kappa shape index (κ3) is 5.59. The molecule has 2 atom stereocenters. The normalized spacial score (nSPS) is 26.2. The van der Waals surface area contributed by atoms with E-state index in [0.29, 0.717) is 0 Å². The molecule has 0 amide bonds. The fourth-order valence-electron chi connectivity index (χ4n) is 4.34. The SMILES string of the molecule is CCNC(=NCCN1CCN(c2ncccn2)CC1)N1CCOC(C2CCCO2)C1. The molecule has 9 heteroatoms. The van der Waals surface area contributed by atoms with Gasteiger partial charge in [-0.15, -0.1) is 0 Å². The Morgan fingerprint density at radius 3 is 2.63 bits per heavy atom. The van der Waals surface area contributed by atoms with Crippen LogP contribution in [0, 0.1) is 0 Å². The van der Waals surface area contributed by atoms with Gasteiger partial charge in [0.05, 0.1) is 19.3 Å². The van der Waals surface area contributed by atoms with Crippen LogP contribution in [0.25, 0.3) is 0 Å². The number of aromatic nitrogens is 2. The van der Waals surface area contributed by atoms with Gasteiger partial charge < -0.3 is 24.6 Å². The van der Waals surface area contributed by atoms with E-state index in [2.05, 4.69) is 36.9 Å². The van der Waals surface area contributed by atoms with Crippen LogP contribution in [0.1, 0.15) is 19.8 Å². The lowest BCUT2D eigenvalue weighted by Crippen LogP contribution is -2.53. The molecule has 0 bridgehead atoms. The van der Waals surface area contributed by atoms with Crippen molar-refractivity contribution in [2.75, 3.05) is 77.0 Å². The summed E-state index contributed by atoms with van der Waals surface area (Å²) in [5, 5.41) is 3.47. The van der Waals surface area contributed by atoms with Crippen LogP contribution in [0.15, 0.2) is 23.5 Å². The number of morpholine rings is 1. The highest BCUT2D eigenvalue weighted by Gasteiger charge is 2.32. The van der Waals surface area contributed by atoms with Gasteiger partial charge in [-0.25, -0.2) is 9.97 Å². The van der Waals surface area contributed by atoms with Crippen molar-refractivity contribution in [1.82, 2.24) is 25.1 Å². The molecule has 30 heavy (non-hydrogen) atoms. The van der Waals surface area contributed by atoms with Gasteiger partial charge >= 0.3 is 0 Å². The van der Waals surface area contributed by atoms with Gasteiger partial charge in [0.15, 0.2) is 5.96 Å². The predicted molar refractivity (Wildman–Crippen MR) is 117 cm³/mol. The molecule has 4 rings (SSSR count). The van der Waals surface area contributed by atoms with Crippen LogP contribution in [0.2, 0.25) is 0 Å². The monoisotopic (exact) mass is 417 g/mol. The van der Waals surface area contributed by atoms with Crippen molar-refractivity contribution < 1.29 is 9.47 Å². The zero-order valence-electron chi connectivity index (χ0n) is 18.1. The summed E-state index contributed by atoms with van der Waals surface area (Å²) in [6.45, 7) is 12.0. The second kappa shape index (κ2) is 10.9. The van der Waals surface area contributed by atoms with Crippen molar-refractivity contribution in [1.29, 1.82) is 0 Å². The molecule has 3 aliphatic rings. The van der Waals surface area contributed by atoms with Gasteiger partial charge in [0, 0.05) is 71.4 Å². The highest BCUT2D eigenvalue weighted by Crippen LogP contribution is 2.21. The number of piperazine rings is 1. The van der Waals surface area contributed by atoms with Gasteiger partial charge in [-0.3, -0.25) is 9.89 Å². The first kappa shape index (κ1) is 21.3. The molecule has 3 aliphatic heterocycles. The Morgan fingerprint density at radius 2 is 1.90 bits per heavy atom. The van der Waals surface area contributed by atoms with Crippen molar-refractivity contribution in [3.8, 4) is 0 Å². The van der Waals surface area contributed by atoms with Crippen LogP contribution < -0.4 is 10.2 Å². The number of guanidine groups is 1. The largest absolute Gasteiger partial charge is 0.375 e. The molecule has 1 N–H and O–H groups in total. The summed E-state index contributed by atoms with van der Waals surface area (Å²) in [7, 11) is 0. The lowest BCUT2D eigenvalue weighted by Gasteiger charge is -2.37. The molecule has 166 valence electrons. The van der Waals surface area contributed by atoms with Crippen LogP contribution in [0.4, 0.5) is 5.95 Å². The fourth-order valence-corrected chi connectivity index (χ4v) is 4.34. The van der Waals surface area contributed by atoms with E-state index in [-0.39, 0.29) is 12.2 Å². The number of ether oxygens (including phenoxy) is 2. The van der Waals surface area contributed by atoms with Gasteiger partial charge in [0.2, 0.25) is 5.95 Å². The minimum atomic E-state index is 0.151. The Morgan fingerprint density at radius 1 is 1.10 bits per heavy atom. The molecule has 0 radical (unpaired) electrons. The standard InChI is InChI=1S/C21H35N7O2/c1-2-22-20(28-14-16-30-19(17-28)18-5-3-15-29-18)25-8-9-26-10-12-27(13-11-26)21-23-6-4-7-24-21/h4,6-7,18-19H,2-3,5,8-17H2,1H3,(H,22,25). The average molecular weight is 418 g/mol. The maximum atomic E-state index is 5.99. The second-order valence-corrected chi connectivity index (χ2v) is 8.02. The second-order valence-electron chi connectivity index (χ2n) is 8.02. The van der Waals surface area contributed by atoms with Gasteiger partial charge in [0.25, 0.3) is 0 Å². The van der Waals surface area contributed by atoms with Gasteiger partial charge in [-0.05, 0) is 25.8 Å². The fraction of sp³-hybridized carbons (Fsp3) is 0.762. The van der Waals surface area contributed by atoms with E-state index >= 15 is 0 Å². The summed E-state index contributed by atoms with van der Waals surface area (Å²) >= 11 is 0. The molecular weight excluding hydrogens is 382 g/mol. The highest BCUT2D eigenvalue weighted by atomic mass is 16.5. The van der Waals surface area contributed by atoms with E-state index in [1.54, 1.807) is 12.4 Å². The maximum absolute atomic E-state index is 5.99. The summed E-state index contributed by atoms with van der Waals surface area (Å²) in [6, 6.07) is 1.86. The average Bonchev–Trinajstić information content (AvgIpc) is 3.35. The third-order valence-electron chi connectivity index (χ3n) is 5.99. The van der Waals surface area contributed by atoms with Crippen LogP contribution in [0.3, 0.4) is 0 Å². The van der Waals surface area contributed by atoms with Crippen LogP contribution in [-0.4, -0.2) is 110 Å². The molecule has 9 nitrogen and oxygen atoms in total. The molecule has 4 heterocycles. The van der Waals surface area contributed by atoms with Gasteiger partial charge in [-0.2, -0.15) is 0 Å². The minimum Gasteiger partial charge on any atom is -0.375 e. The quantitative estimate of drug-likeness (QED) is 0.528. The first-order chi connectivity index (χ1) is 14.8. The molecule has 3 fully saturated rings. The molecule has 0 spiro atoms. The van der Waals surface area contributed by atoms with Crippen molar-refractivity contribution >= 4 is 11.9 Å². The number of nitrogens with one attached hydrogen (secondary N) is 1. The van der Waals surface area contributed by atoms with Crippen molar-refractivity contribution in [2.45, 2.75) is 32.0 Å². The van der Waals surface area contributed by atoms with Crippen LogP contribution in [0.5, 0.6) is 0 Å². The van der Waals surface area contributed by atoms with E-state index < -0.39 is 0 Å². The van der Waals surface area contributed by atoms with E-state index in [9.17, 15) is 0 Å². The Balaban J connectivity index is 1.25. The summed E-state index contributed by atoms with van der Waals surface area (Å²) in [5.74, 6) is 1.83. The van der Waals surface area contributed by atoms with Crippen molar-refractivity contribution in [3.63, 3.8) is 0 Å². The van der Waals surface area contributed by atoms with Crippen molar-refractivity contribution in [3.05, 3.63) is 18.5 Å². The summed E-state index contributed by atoms with van der Waals surface area (Å²) in [4.78, 5) is 20.7. The molecule has 2 unspecified atom stereocenters. The van der Waals surface area contributed by atoms with E-state index in [0.717, 1.165) is 96.9 Å². The highest BCUT2D eigenvalue weighted by molar-refractivity contribution is 5.80. The number of anilines is 1. The van der Waals surface area contributed by atoms with E-state index in [4.69, 9.17) is 14.5 Å². The number of rotatable bonds is 6. The van der Waals surface area contributed by atoms with Crippen LogP contribution >= 0.6 is 0 Å². The molecule has 1 aromatic heterocycles. The van der Waals surface area contributed by atoms with Crippen LogP contribution in [-0.2, 0) is 9.47 Å². The van der Waals surface area contributed by atoms with Crippen molar-refractivity contribution in [2.24, 2.45) is 4.99 Å². The minimum absolute atomic E-state index is 0.151. The molecule has 1 aromatic rings. The van der Waals surface area contributed by atoms with E-state index in [1.807, 2.05) is 6.07 Å². The van der Waals surface area contributed by atoms with Gasteiger partial charge in [0.1, 0.15) is 6.10 Å². The Bertz CT molecular complexity index is 661. The third-order valence-corrected chi connectivity index (χ3v) is 5.99. The molecular formula is C21H35N7O2. The summed E-state index contributed by atoms with van der Waals surface area (Å²) in [5.41, 5.74) is 0. The Hall–Kier alpha value is -1.97. The topological polar surface area (TPSA) is 78.4 Å². The number of hydrogen-bond donors (Lipinski definition) is 1.